The highest BCUT2D eigenvalue weighted by Crippen LogP contribution is 2.26. The second-order valence-electron chi connectivity index (χ2n) is 7.70. The van der Waals surface area contributed by atoms with Crippen LogP contribution in [-0.4, -0.2) is 17.0 Å². The fraction of sp³-hybridized carbons (Fsp3) is 0.143. The smallest absolute Gasteiger partial charge is 0.312 e. The maximum Gasteiger partial charge on any atom is 0.312 e. The molecule has 0 radical (unpaired) electrons. The largest absolute Gasteiger partial charge is 0.352 e. The van der Waals surface area contributed by atoms with Crippen LogP contribution in [0.2, 0.25) is 0 Å². The number of carbonyl (C=O) groups is 1. The van der Waals surface area contributed by atoms with Crippen molar-refractivity contribution in [1.82, 2.24) is 9.88 Å². The number of rotatable bonds is 8. The SMILES string of the molecule is C#Cc1cc(C(=O)NCCCCc2ccccc2)cc(-c2csc(=O)n2-c2ccccc2)c1. The van der Waals surface area contributed by atoms with E-state index in [2.05, 4.69) is 23.4 Å². The molecule has 1 amide bonds. The van der Waals surface area contributed by atoms with Crippen LogP contribution in [-0.2, 0) is 6.42 Å². The number of para-hydroxylation sites is 1. The molecule has 1 heterocycles. The minimum absolute atomic E-state index is 0.0910. The summed E-state index contributed by atoms with van der Waals surface area (Å²) in [5.74, 6) is 2.46. The van der Waals surface area contributed by atoms with Gasteiger partial charge in [-0.25, -0.2) is 0 Å². The molecule has 3 aromatic carbocycles. The van der Waals surface area contributed by atoms with Gasteiger partial charge in [0.25, 0.3) is 5.91 Å². The summed E-state index contributed by atoms with van der Waals surface area (Å²) in [4.78, 5) is 25.3. The quantitative estimate of drug-likeness (QED) is 0.291. The Morgan fingerprint density at radius 1 is 0.970 bits per heavy atom. The number of hydrogen-bond acceptors (Lipinski definition) is 3. The number of amides is 1. The second-order valence-corrected chi connectivity index (χ2v) is 8.52. The van der Waals surface area contributed by atoms with E-state index in [4.69, 9.17) is 6.42 Å². The molecule has 164 valence electrons. The molecular weight excluding hydrogens is 428 g/mol. The molecule has 0 spiro atoms. The van der Waals surface area contributed by atoms with Crippen molar-refractivity contribution in [3.05, 3.63) is 111 Å². The summed E-state index contributed by atoms with van der Waals surface area (Å²) in [6.07, 6.45) is 8.54. The summed E-state index contributed by atoms with van der Waals surface area (Å²) in [7, 11) is 0. The van der Waals surface area contributed by atoms with Crippen LogP contribution in [0.4, 0.5) is 0 Å². The first-order chi connectivity index (χ1) is 16.2. The summed E-state index contributed by atoms with van der Waals surface area (Å²) < 4.78 is 1.64. The van der Waals surface area contributed by atoms with Crippen LogP contribution in [0.1, 0.15) is 34.3 Å². The third-order valence-electron chi connectivity index (χ3n) is 5.39. The van der Waals surface area contributed by atoms with E-state index in [1.54, 1.807) is 22.1 Å². The number of nitrogens with zero attached hydrogens (tertiary/aromatic N) is 1. The summed E-state index contributed by atoms with van der Waals surface area (Å²) in [5.41, 5.74) is 4.61. The maximum absolute atomic E-state index is 12.8. The highest BCUT2D eigenvalue weighted by atomic mass is 32.1. The van der Waals surface area contributed by atoms with Crippen LogP contribution in [0.25, 0.3) is 16.9 Å². The number of benzene rings is 3. The van der Waals surface area contributed by atoms with E-state index in [0.717, 1.165) is 41.9 Å². The monoisotopic (exact) mass is 452 g/mol. The number of aryl methyl sites for hydroxylation is 1. The van der Waals surface area contributed by atoms with Crippen LogP contribution in [0.3, 0.4) is 0 Å². The van der Waals surface area contributed by atoms with Crippen molar-refractivity contribution in [3.63, 3.8) is 0 Å². The van der Waals surface area contributed by atoms with E-state index < -0.39 is 0 Å². The third kappa shape index (κ3) is 5.49. The topological polar surface area (TPSA) is 51.1 Å². The lowest BCUT2D eigenvalue weighted by Gasteiger charge is -2.11. The Bertz CT molecular complexity index is 1330. The van der Waals surface area contributed by atoms with Crippen LogP contribution < -0.4 is 10.2 Å². The predicted octanol–water partition coefficient (Wildman–Crippen LogP) is 5.30. The molecule has 0 atom stereocenters. The first-order valence-electron chi connectivity index (χ1n) is 10.9. The Kier molecular flexibility index (Phi) is 7.19. The van der Waals surface area contributed by atoms with Gasteiger partial charge in [-0.15, -0.1) is 6.42 Å². The fourth-order valence-electron chi connectivity index (χ4n) is 3.72. The molecule has 0 bridgehead atoms. The molecule has 0 aliphatic rings. The lowest BCUT2D eigenvalue weighted by molar-refractivity contribution is 0.0953. The second kappa shape index (κ2) is 10.6. The zero-order chi connectivity index (χ0) is 23.0. The van der Waals surface area contributed by atoms with E-state index in [9.17, 15) is 9.59 Å². The molecule has 0 unspecified atom stereocenters. The fourth-order valence-corrected chi connectivity index (χ4v) is 4.48. The number of aromatic nitrogens is 1. The maximum atomic E-state index is 12.8. The summed E-state index contributed by atoms with van der Waals surface area (Å²) in [5, 5.41) is 4.80. The van der Waals surface area contributed by atoms with Gasteiger partial charge in [-0.05, 0) is 55.2 Å². The Hall–Kier alpha value is -3.88. The van der Waals surface area contributed by atoms with Crippen molar-refractivity contribution >= 4 is 17.2 Å². The normalized spacial score (nSPS) is 10.5. The minimum atomic E-state index is -0.170. The van der Waals surface area contributed by atoms with Gasteiger partial charge in [-0.3, -0.25) is 14.2 Å². The van der Waals surface area contributed by atoms with Crippen molar-refractivity contribution in [2.45, 2.75) is 19.3 Å². The number of nitrogens with one attached hydrogen (secondary N) is 1. The highest BCUT2D eigenvalue weighted by molar-refractivity contribution is 7.07. The Morgan fingerprint density at radius 3 is 2.42 bits per heavy atom. The minimum Gasteiger partial charge on any atom is -0.352 e. The average Bonchev–Trinajstić information content (AvgIpc) is 3.26. The molecule has 1 N–H and O–H groups in total. The van der Waals surface area contributed by atoms with Gasteiger partial charge in [0.1, 0.15) is 0 Å². The van der Waals surface area contributed by atoms with Gasteiger partial charge in [0.05, 0.1) is 11.4 Å². The molecule has 33 heavy (non-hydrogen) atoms. The molecule has 4 aromatic rings. The number of terminal acetylenes is 1. The van der Waals surface area contributed by atoms with Gasteiger partial charge in [0, 0.05) is 28.6 Å². The van der Waals surface area contributed by atoms with Crippen LogP contribution in [0, 0.1) is 12.3 Å². The van der Waals surface area contributed by atoms with Gasteiger partial charge in [0.2, 0.25) is 0 Å². The highest BCUT2D eigenvalue weighted by Gasteiger charge is 2.14. The molecule has 0 fully saturated rings. The van der Waals surface area contributed by atoms with Crippen molar-refractivity contribution in [2.75, 3.05) is 6.54 Å². The van der Waals surface area contributed by atoms with Gasteiger partial charge in [-0.2, -0.15) is 0 Å². The zero-order valence-corrected chi connectivity index (χ0v) is 19.0. The number of thiazole rings is 1. The Labute approximate surface area is 197 Å². The average molecular weight is 453 g/mol. The Balaban J connectivity index is 1.49. The van der Waals surface area contributed by atoms with E-state index >= 15 is 0 Å². The summed E-state index contributed by atoms with van der Waals surface area (Å²) >= 11 is 1.12. The van der Waals surface area contributed by atoms with Gasteiger partial charge >= 0.3 is 4.87 Å². The number of hydrogen-bond donors (Lipinski definition) is 1. The molecule has 0 aliphatic carbocycles. The first-order valence-corrected chi connectivity index (χ1v) is 11.7. The molecule has 1 aromatic heterocycles. The van der Waals surface area contributed by atoms with Crippen molar-refractivity contribution in [3.8, 4) is 29.3 Å². The standard InChI is InChI=1S/C28H24N2O2S/c1-2-21-17-23(26-20-33-28(32)30(26)25-14-7-4-8-15-25)19-24(18-21)27(31)29-16-10-9-13-22-11-5-3-6-12-22/h1,3-8,11-12,14-15,17-20H,9-10,13,16H2,(H,29,31). The molecule has 4 rings (SSSR count). The summed E-state index contributed by atoms with van der Waals surface area (Å²) in [6, 6.07) is 25.1. The molecule has 5 heteroatoms. The Morgan fingerprint density at radius 2 is 1.70 bits per heavy atom. The van der Waals surface area contributed by atoms with Gasteiger partial charge in [0.15, 0.2) is 0 Å². The van der Waals surface area contributed by atoms with Gasteiger partial charge < -0.3 is 5.32 Å². The molecule has 0 saturated heterocycles. The van der Waals surface area contributed by atoms with Crippen molar-refractivity contribution in [1.29, 1.82) is 0 Å². The molecule has 4 nitrogen and oxygen atoms in total. The molecule has 0 aliphatic heterocycles. The molecule has 0 saturated carbocycles. The van der Waals surface area contributed by atoms with E-state index in [1.165, 1.54) is 5.56 Å². The van der Waals surface area contributed by atoms with Gasteiger partial charge in [-0.1, -0.05) is 65.8 Å². The van der Waals surface area contributed by atoms with E-state index in [1.807, 2.05) is 54.6 Å². The first kappa shape index (κ1) is 22.3. The predicted molar refractivity (Wildman–Crippen MR) is 135 cm³/mol. The molecular formula is C28H24N2O2S. The zero-order valence-electron chi connectivity index (χ0n) is 18.2. The van der Waals surface area contributed by atoms with Crippen LogP contribution in [0.5, 0.6) is 0 Å². The van der Waals surface area contributed by atoms with Crippen molar-refractivity contribution < 1.29 is 4.79 Å². The van der Waals surface area contributed by atoms with Crippen LogP contribution in [0.15, 0.2) is 89.0 Å². The third-order valence-corrected chi connectivity index (χ3v) is 6.11. The lowest BCUT2D eigenvalue weighted by Crippen LogP contribution is -2.24. The van der Waals surface area contributed by atoms with E-state index in [-0.39, 0.29) is 10.8 Å². The van der Waals surface area contributed by atoms with Crippen molar-refractivity contribution in [2.24, 2.45) is 0 Å². The number of carbonyl (C=O) groups excluding carboxylic acids is 1. The summed E-state index contributed by atoms with van der Waals surface area (Å²) in [6.45, 7) is 0.592. The lowest BCUT2D eigenvalue weighted by atomic mass is 10.0. The number of unbranched alkanes of at least 4 members (excludes halogenated alkanes) is 1. The van der Waals surface area contributed by atoms with Crippen LogP contribution >= 0.6 is 11.3 Å². The van der Waals surface area contributed by atoms with E-state index in [0.29, 0.717) is 23.4 Å².